The van der Waals surface area contributed by atoms with E-state index >= 15 is 0 Å². The number of furan rings is 1. The Morgan fingerprint density at radius 2 is 1.85 bits per heavy atom. The highest BCUT2D eigenvalue weighted by Gasteiger charge is 2.15. The summed E-state index contributed by atoms with van der Waals surface area (Å²) >= 11 is 0. The molecule has 0 amide bonds. The number of hydrogen-bond donors (Lipinski definition) is 0. The Hall–Kier alpha value is -1.05. The van der Waals surface area contributed by atoms with E-state index in [1.165, 1.54) is 0 Å². The molecule has 0 unspecified atom stereocenters. The van der Waals surface area contributed by atoms with Gasteiger partial charge in [0, 0.05) is 11.8 Å². The van der Waals surface area contributed by atoms with Gasteiger partial charge in [-0.15, -0.1) is 0 Å². The molecule has 2 nitrogen and oxygen atoms in total. The van der Waals surface area contributed by atoms with Crippen LogP contribution in [0.15, 0.2) is 16.5 Å². The lowest BCUT2D eigenvalue weighted by molar-refractivity contribution is 0.0909. The zero-order valence-electron chi connectivity index (χ0n) is 8.63. The highest BCUT2D eigenvalue weighted by atomic mass is 16.3. The molecule has 0 bridgehead atoms. The van der Waals surface area contributed by atoms with Gasteiger partial charge in [-0.1, -0.05) is 27.7 Å². The monoisotopic (exact) mass is 180 g/mol. The van der Waals surface area contributed by atoms with Crippen molar-refractivity contribution < 1.29 is 9.21 Å². The number of carbonyl (C=O) groups is 1. The lowest BCUT2D eigenvalue weighted by Crippen LogP contribution is -2.05. The molecule has 0 radical (unpaired) electrons. The van der Waals surface area contributed by atoms with Crippen LogP contribution in [0.25, 0.3) is 0 Å². The summed E-state index contributed by atoms with van der Waals surface area (Å²) in [5, 5.41) is 0. The van der Waals surface area contributed by atoms with Gasteiger partial charge in [-0.3, -0.25) is 4.79 Å². The Morgan fingerprint density at radius 1 is 1.23 bits per heavy atom. The predicted molar refractivity (Wildman–Crippen MR) is 52.0 cm³/mol. The van der Waals surface area contributed by atoms with Crippen molar-refractivity contribution in [3.05, 3.63) is 23.7 Å². The fourth-order valence-electron chi connectivity index (χ4n) is 1.08. The van der Waals surface area contributed by atoms with E-state index in [9.17, 15) is 4.79 Å². The van der Waals surface area contributed by atoms with Gasteiger partial charge in [0.1, 0.15) is 5.76 Å². The van der Waals surface area contributed by atoms with Crippen LogP contribution in [-0.4, -0.2) is 5.78 Å². The molecule has 0 aliphatic heterocycles. The first-order valence-corrected chi connectivity index (χ1v) is 4.66. The van der Waals surface area contributed by atoms with Gasteiger partial charge in [-0.2, -0.15) is 0 Å². The topological polar surface area (TPSA) is 30.2 Å². The summed E-state index contributed by atoms with van der Waals surface area (Å²) in [4.78, 5) is 11.5. The number of ketones is 1. The van der Waals surface area contributed by atoms with Gasteiger partial charge in [0.2, 0.25) is 5.78 Å². The van der Waals surface area contributed by atoms with Crippen LogP contribution in [0.3, 0.4) is 0 Å². The Balaban J connectivity index is 2.86. The molecule has 1 heterocycles. The van der Waals surface area contributed by atoms with Crippen LogP contribution in [0, 0.1) is 5.92 Å². The van der Waals surface area contributed by atoms with Gasteiger partial charge in [-0.05, 0) is 12.1 Å². The van der Waals surface area contributed by atoms with Crippen molar-refractivity contribution in [2.75, 3.05) is 0 Å². The SMILES string of the molecule is CC(C)C(=O)c1ccc(C(C)C)o1. The summed E-state index contributed by atoms with van der Waals surface area (Å²) in [6, 6.07) is 3.64. The van der Waals surface area contributed by atoms with E-state index in [1.807, 2.05) is 33.8 Å². The Bertz CT molecular complexity index is 295. The lowest BCUT2D eigenvalue weighted by atomic mass is 10.1. The molecular formula is C11H16O2. The van der Waals surface area contributed by atoms with Gasteiger partial charge in [0.15, 0.2) is 5.76 Å². The van der Waals surface area contributed by atoms with E-state index in [4.69, 9.17) is 4.42 Å². The van der Waals surface area contributed by atoms with Crippen molar-refractivity contribution in [3.63, 3.8) is 0 Å². The van der Waals surface area contributed by atoms with E-state index in [2.05, 4.69) is 0 Å². The normalized spacial score (nSPS) is 11.2. The Kier molecular flexibility index (Phi) is 2.91. The molecule has 1 rings (SSSR count). The summed E-state index contributed by atoms with van der Waals surface area (Å²) < 4.78 is 5.42. The third-order valence-electron chi connectivity index (χ3n) is 1.96. The maximum absolute atomic E-state index is 11.5. The second-order valence-electron chi connectivity index (χ2n) is 3.88. The van der Waals surface area contributed by atoms with E-state index in [0.29, 0.717) is 11.7 Å². The third kappa shape index (κ3) is 2.20. The third-order valence-corrected chi connectivity index (χ3v) is 1.96. The second kappa shape index (κ2) is 3.77. The first-order chi connectivity index (χ1) is 6.02. The summed E-state index contributed by atoms with van der Waals surface area (Å²) in [5.74, 6) is 1.79. The average molecular weight is 180 g/mol. The number of carbonyl (C=O) groups excluding carboxylic acids is 1. The van der Waals surface area contributed by atoms with Crippen LogP contribution >= 0.6 is 0 Å². The maximum Gasteiger partial charge on any atom is 0.200 e. The van der Waals surface area contributed by atoms with Crippen molar-refractivity contribution in [3.8, 4) is 0 Å². The molecule has 0 aliphatic rings. The molecule has 0 saturated carbocycles. The molecule has 1 aromatic heterocycles. The Morgan fingerprint density at radius 3 is 2.23 bits per heavy atom. The maximum atomic E-state index is 11.5. The standard InChI is InChI=1S/C11H16O2/c1-7(2)9-5-6-10(13-9)11(12)8(3)4/h5-8H,1-4H3. The van der Waals surface area contributed by atoms with E-state index < -0.39 is 0 Å². The molecule has 13 heavy (non-hydrogen) atoms. The first kappa shape index (κ1) is 10.0. The van der Waals surface area contributed by atoms with Crippen molar-refractivity contribution in [2.24, 2.45) is 5.92 Å². The fourth-order valence-corrected chi connectivity index (χ4v) is 1.08. The number of hydrogen-bond acceptors (Lipinski definition) is 2. The minimum Gasteiger partial charge on any atom is -0.458 e. The van der Waals surface area contributed by atoms with Crippen LogP contribution in [-0.2, 0) is 0 Å². The molecule has 1 aromatic rings. The number of rotatable bonds is 3. The molecular weight excluding hydrogens is 164 g/mol. The zero-order chi connectivity index (χ0) is 10.0. The zero-order valence-corrected chi connectivity index (χ0v) is 8.63. The predicted octanol–water partition coefficient (Wildman–Crippen LogP) is 3.24. The first-order valence-electron chi connectivity index (χ1n) is 4.66. The summed E-state index contributed by atoms with van der Waals surface area (Å²) in [5.41, 5.74) is 0. The van der Waals surface area contributed by atoms with E-state index in [1.54, 1.807) is 6.07 Å². The fraction of sp³-hybridized carbons (Fsp3) is 0.545. The van der Waals surface area contributed by atoms with Gasteiger partial charge in [0.25, 0.3) is 0 Å². The summed E-state index contributed by atoms with van der Waals surface area (Å²) in [7, 11) is 0. The van der Waals surface area contributed by atoms with Crippen molar-refractivity contribution in [1.29, 1.82) is 0 Å². The molecule has 0 N–H and O–H groups in total. The smallest absolute Gasteiger partial charge is 0.200 e. The largest absolute Gasteiger partial charge is 0.458 e. The minimum atomic E-state index is 0.00571. The Labute approximate surface area is 78.9 Å². The summed E-state index contributed by atoms with van der Waals surface area (Å²) in [6.45, 7) is 7.84. The minimum absolute atomic E-state index is 0.00571. The quantitative estimate of drug-likeness (QED) is 0.668. The summed E-state index contributed by atoms with van der Waals surface area (Å²) in [6.07, 6.45) is 0. The molecule has 0 aliphatic carbocycles. The molecule has 0 saturated heterocycles. The lowest BCUT2D eigenvalue weighted by Gasteiger charge is -2.01. The molecule has 2 heteroatoms. The molecule has 0 fully saturated rings. The van der Waals surface area contributed by atoms with Crippen LogP contribution in [0.1, 0.15) is 49.9 Å². The highest BCUT2D eigenvalue weighted by molar-refractivity contribution is 5.94. The van der Waals surface area contributed by atoms with Crippen LogP contribution in [0.4, 0.5) is 0 Å². The van der Waals surface area contributed by atoms with Gasteiger partial charge in [-0.25, -0.2) is 0 Å². The van der Waals surface area contributed by atoms with Gasteiger partial charge in [0.05, 0.1) is 0 Å². The molecule has 0 spiro atoms. The molecule has 0 atom stereocenters. The van der Waals surface area contributed by atoms with Crippen LogP contribution in [0.2, 0.25) is 0 Å². The molecule has 72 valence electrons. The van der Waals surface area contributed by atoms with Crippen LogP contribution < -0.4 is 0 Å². The van der Waals surface area contributed by atoms with Gasteiger partial charge < -0.3 is 4.42 Å². The van der Waals surface area contributed by atoms with Crippen molar-refractivity contribution >= 4 is 5.78 Å². The molecule has 0 aromatic carbocycles. The van der Waals surface area contributed by atoms with E-state index in [-0.39, 0.29) is 11.7 Å². The van der Waals surface area contributed by atoms with E-state index in [0.717, 1.165) is 5.76 Å². The van der Waals surface area contributed by atoms with Crippen molar-refractivity contribution in [1.82, 2.24) is 0 Å². The van der Waals surface area contributed by atoms with Crippen molar-refractivity contribution in [2.45, 2.75) is 33.6 Å². The van der Waals surface area contributed by atoms with Gasteiger partial charge >= 0.3 is 0 Å². The second-order valence-corrected chi connectivity index (χ2v) is 3.88. The average Bonchev–Trinajstić information content (AvgIpc) is 2.50. The van der Waals surface area contributed by atoms with Crippen LogP contribution in [0.5, 0.6) is 0 Å². The number of Topliss-reactive ketones (excluding diaryl/α,β-unsaturated/α-hetero) is 1. The highest BCUT2D eigenvalue weighted by Crippen LogP contribution is 2.19.